The molecule has 6 heteroatoms. The van der Waals surface area contributed by atoms with Crippen LogP contribution in [0.5, 0.6) is 0 Å². The van der Waals surface area contributed by atoms with Gasteiger partial charge >= 0.3 is 0 Å². The van der Waals surface area contributed by atoms with Gasteiger partial charge in [-0.15, -0.1) is 0 Å². The zero-order valence-electron chi connectivity index (χ0n) is 19.6. The molecule has 4 fully saturated rings. The number of amides is 2. The first kappa shape index (κ1) is 21.9. The van der Waals surface area contributed by atoms with E-state index in [1.54, 1.807) is 19.2 Å². The first-order chi connectivity index (χ1) is 15.3. The molecule has 1 aromatic rings. The van der Waals surface area contributed by atoms with E-state index in [4.69, 9.17) is 0 Å². The fourth-order valence-electron chi connectivity index (χ4n) is 7.21. The predicted octanol–water partition coefficient (Wildman–Crippen LogP) is 3.93. The van der Waals surface area contributed by atoms with Gasteiger partial charge in [0.05, 0.1) is 17.4 Å². The van der Waals surface area contributed by atoms with E-state index in [-0.39, 0.29) is 29.5 Å². The minimum atomic E-state index is -0.401. The Kier molecular flexibility index (Phi) is 5.55. The van der Waals surface area contributed by atoms with Crippen LogP contribution in [0.15, 0.2) is 24.3 Å². The first-order valence-corrected chi connectivity index (χ1v) is 12.4. The summed E-state index contributed by atoms with van der Waals surface area (Å²) >= 11 is 0. The first-order valence-electron chi connectivity index (χ1n) is 12.4. The predicted molar refractivity (Wildman–Crippen MR) is 123 cm³/mol. The van der Waals surface area contributed by atoms with Crippen molar-refractivity contribution in [2.75, 3.05) is 31.6 Å². The second-order valence-electron chi connectivity index (χ2n) is 10.9. The second kappa shape index (κ2) is 8.12. The molecule has 2 unspecified atom stereocenters. The summed E-state index contributed by atoms with van der Waals surface area (Å²) < 4.78 is 14.1. The number of carbonyl (C=O) groups is 2. The number of nitrogens with zero attached hydrogens (tertiary/aromatic N) is 3. The van der Waals surface area contributed by atoms with Crippen LogP contribution in [0.4, 0.5) is 10.1 Å². The molecule has 2 atom stereocenters. The number of piperidine rings is 1. The van der Waals surface area contributed by atoms with E-state index in [0.29, 0.717) is 12.6 Å². The van der Waals surface area contributed by atoms with Crippen molar-refractivity contribution < 1.29 is 14.0 Å². The Morgan fingerprint density at radius 2 is 1.72 bits per heavy atom. The number of rotatable bonds is 3. The topological polar surface area (TPSA) is 43.9 Å². The number of imide groups is 1. The molecule has 4 aliphatic rings. The molecule has 1 spiro atoms. The van der Waals surface area contributed by atoms with Crippen LogP contribution in [0.3, 0.4) is 0 Å². The number of anilines is 1. The monoisotopic (exact) mass is 441 g/mol. The zero-order chi connectivity index (χ0) is 22.6. The maximum atomic E-state index is 14.1. The van der Waals surface area contributed by atoms with Crippen molar-refractivity contribution in [2.45, 2.75) is 64.0 Å². The fourth-order valence-corrected chi connectivity index (χ4v) is 7.21. The average Bonchev–Trinajstić information content (AvgIpc) is 3.22. The summed E-state index contributed by atoms with van der Waals surface area (Å²) in [7, 11) is 1.62. The van der Waals surface area contributed by atoms with Gasteiger partial charge in [-0.25, -0.2) is 4.39 Å². The van der Waals surface area contributed by atoms with E-state index in [1.807, 2.05) is 6.07 Å². The number of benzene rings is 1. The van der Waals surface area contributed by atoms with E-state index in [2.05, 4.69) is 23.6 Å². The summed E-state index contributed by atoms with van der Waals surface area (Å²) in [5, 5.41) is 0. The summed E-state index contributed by atoms with van der Waals surface area (Å²) in [6.45, 7) is 7.06. The lowest BCUT2D eigenvalue weighted by molar-refractivity contribution is -0.139. The maximum Gasteiger partial charge on any atom is 0.235 e. The highest BCUT2D eigenvalue weighted by atomic mass is 19.1. The molecule has 1 aliphatic carbocycles. The number of carbonyl (C=O) groups excluding carboxylic acids is 2. The smallest absolute Gasteiger partial charge is 0.235 e. The third-order valence-corrected chi connectivity index (χ3v) is 9.13. The molecule has 3 aliphatic heterocycles. The van der Waals surface area contributed by atoms with Gasteiger partial charge in [0.25, 0.3) is 0 Å². The van der Waals surface area contributed by atoms with Gasteiger partial charge in [-0.1, -0.05) is 19.9 Å². The van der Waals surface area contributed by atoms with E-state index in [0.717, 1.165) is 43.5 Å². The molecule has 1 aromatic carbocycles. The third kappa shape index (κ3) is 3.37. The number of halogens is 1. The molecule has 5 nitrogen and oxygen atoms in total. The van der Waals surface area contributed by atoms with Gasteiger partial charge in [-0.3, -0.25) is 14.5 Å². The van der Waals surface area contributed by atoms with E-state index in [9.17, 15) is 14.0 Å². The van der Waals surface area contributed by atoms with Crippen molar-refractivity contribution in [1.29, 1.82) is 0 Å². The number of hydrogen-bond donors (Lipinski definition) is 0. The van der Waals surface area contributed by atoms with Crippen molar-refractivity contribution in [2.24, 2.45) is 23.7 Å². The molecule has 32 heavy (non-hydrogen) atoms. The lowest BCUT2D eigenvalue weighted by Crippen LogP contribution is -2.59. The molecule has 5 rings (SSSR count). The van der Waals surface area contributed by atoms with Crippen LogP contribution in [0, 0.1) is 29.5 Å². The SMILES string of the molecule is CC(C)C1CCC(N2CCC3(CC2)C2C(=O)N(C)C(=O)C2CN3c2cccc(F)c2)CC1. The minimum absolute atomic E-state index is 0.0511. The van der Waals surface area contributed by atoms with Crippen molar-refractivity contribution in [1.82, 2.24) is 9.80 Å². The Hall–Kier alpha value is -1.95. The van der Waals surface area contributed by atoms with Gasteiger partial charge in [0, 0.05) is 38.4 Å². The highest BCUT2D eigenvalue weighted by molar-refractivity contribution is 6.07. The number of hydrogen-bond acceptors (Lipinski definition) is 4. The van der Waals surface area contributed by atoms with Crippen LogP contribution in [0.25, 0.3) is 0 Å². The summed E-state index contributed by atoms with van der Waals surface area (Å²) in [5.41, 5.74) is 0.398. The van der Waals surface area contributed by atoms with Crippen LogP contribution in [0.2, 0.25) is 0 Å². The van der Waals surface area contributed by atoms with Gasteiger partial charge in [-0.05, 0) is 68.6 Å². The summed E-state index contributed by atoms with van der Waals surface area (Å²) in [4.78, 5) is 32.2. The Bertz CT molecular complexity index is 887. The largest absolute Gasteiger partial charge is 0.364 e. The maximum absolute atomic E-state index is 14.1. The summed E-state index contributed by atoms with van der Waals surface area (Å²) in [6, 6.07) is 7.29. The van der Waals surface area contributed by atoms with Crippen molar-refractivity contribution in [3.63, 3.8) is 0 Å². The van der Waals surface area contributed by atoms with Crippen LogP contribution in [-0.4, -0.2) is 59.9 Å². The van der Waals surface area contributed by atoms with Crippen LogP contribution >= 0.6 is 0 Å². The van der Waals surface area contributed by atoms with Gasteiger partial charge in [0.2, 0.25) is 11.8 Å². The number of likely N-dealkylation sites (tertiary alicyclic amines) is 2. The standard InChI is InChI=1S/C26H36FN3O2/c1-17(2)18-7-9-20(10-8-18)29-13-11-26(12-14-29)23-22(24(31)28(3)25(23)32)16-30(26)21-6-4-5-19(27)15-21/h4-6,15,17-18,20,22-23H,7-14,16H2,1-3H3. The van der Waals surface area contributed by atoms with E-state index in [1.165, 1.54) is 36.6 Å². The second-order valence-corrected chi connectivity index (χ2v) is 10.9. The molecule has 0 aromatic heterocycles. The van der Waals surface area contributed by atoms with Gasteiger partial charge in [0.1, 0.15) is 5.82 Å². The van der Waals surface area contributed by atoms with Crippen LogP contribution < -0.4 is 4.90 Å². The molecule has 2 amide bonds. The number of fused-ring (bicyclic) bond motifs is 2. The van der Waals surface area contributed by atoms with Crippen LogP contribution in [-0.2, 0) is 9.59 Å². The normalized spacial score (nSPS) is 32.9. The Balaban J connectivity index is 1.38. The highest BCUT2D eigenvalue weighted by Gasteiger charge is 2.64. The molecule has 174 valence electrons. The average molecular weight is 442 g/mol. The van der Waals surface area contributed by atoms with Crippen molar-refractivity contribution >= 4 is 17.5 Å². The Morgan fingerprint density at radius 1 is 1.03 bits per heavy atom. The van der Waals surface area contributed by atoms with Gasteiger partial charge in [0.15, 0.2) is 0 Å². The highest BCUT2D eigenvalue weighted by Crippen LogP contribution is 2.52. The fraction of sp³-hybridized carbons (Fsp3) is 0.692. The van der Waals surface area contributed by atoms with Crippen LogP contribution in [0.1, 0.15) is 52.4 Å². The zero-order valence-corrected chi connectivity index (χ0v) is 19.6. The molecular formula is C26H36FN3O2. The van der Waals surface area contributed by atoms with Crippen molar-refractivity contribution in [3.05, 3.63) is 30.1 Å². The van der Waals surface area contributed by atoms with Crippen molar-refractivity contribution in [3.8, 4) is 0 Å². The lowest BCUT2D eigenvalue weighted by atomic mass is 9.73. The minimum Gasteiger partial charge on any atom is -0.364 e. The molecule has 3 heterocycles. The summed E-state index contributed by atoms with van der Waals surface area (Å²) in [5.74, 6) is 0.574. The Morgan fingerprint density at radius 3 is 2.34 bits per heavy atom. The van der Waals surface area contributed by atoms with E-state index < -0.39 is 5.54 Å². The molecule has 0 N–H and O–H groups in total. The molecule has 3 saturated heterocycles. The Labute approximate surface area is 190 Å². The molecule has 0 radical (unpaired) electrons. The van der Waals surface area contributed by atoms with Gasteiger partial charge in [-0.2, -0.15) is 0 Å². The summed E-state index contributed by atoms with van der Waals surface area (Å²) in [6.07, 6.45) is 6.83. The molecule has 0 bridgehead atoms. The van der Waals surface area contributed by atoms with E-state index >= 15 is 0 Å². The quantitative estimate of drug-likeness (QED) is 0.667. The van der Waals surface area contributed by atoms with Gasteiger partial charge < -0.3 is 9.80 Å². The molecule has 1 saturated carbocycles. The lowest BCUT2D eigenvalue weighted by Gasteiger charge is -2.50. The third-order valence-electron chi connectivity index (χ3n) is 9.13. The molecular weight excluding hydrogens is 405 g/mol.